The monoisotopic (exact) mass is 664 g/mol. The highest BCUT2D eigenvalue weighted by atomic mass is 16.5. The molecular formula is C40H73NO6. The summed E-state index contributed by atoms with van der Waals surface area (Å²) in [4.78, 5) is 39.2. The van der Waals surface area contributed by atoms with Crippen molar-refractivity contribution in [3.05, 3.63) is 24.3 Å². The quantitative estimate of drug-likeness (QED) is 0.0327. The van der Waals surface area contributed by atoms with Gasteiger partial charge in [0, 0.05) is 19.4 Å². The third-order valence-electron chi connectivity index (χ3n) is 8.68. The van der Waals surface area contributed by atoms with E-state index in [2.05, 4.69) is 60.5 Å². The molecule has 0 aliphatic carbocycles. The lowest BCUT2D eigenvalue weighted by Gasteiger charge is -2.38. The van der Waals surface area contributed by atoms with Crippen molar-refractivity contribution in [2.75, 3.05) is 33.9 Å². The van der Waals surface area contributed by atoms with Crippen molar-refractivity contribution in [2.24, 2.45) is 10.8 Å². The van der Waals surface area contributed by atoms with Crippen molar-refractivity contribution in [3.63, 3.8) is 0 Å². The third-order valence-corrected chi connectivity index (χ3v) is 8.68. The molecule has 47 heavy (non-hydrogen) atoms. The van der Waals surface area contributed by atoms with E-state index in [4.69, 9.17) is 14.2 Å². The SMILES string of the molecule is CCC=CCOC(=O)CCCCCCCC(CCCCCCCC(=O)OCC=CCC)OC(=O)CC(C)(C)CC(C)(CC)CN(C)C. The van der Waals surface area contributed by atoms with Gasteiger partial charge in [0.15, 0.2) is 0 Å². The van der Waals surface area contributed by atoms with Crippen molar-refractivity contribution in [2.45, 2.75) is 170 Å². The predicted molar refractivity (Wildman–Crippen MR) is 195 cm³/mol. The largest absolute Gasteiger partial charge is 0.462 e. The van der Waals surface area contributed by atoms with Gasteiger partial charge in [0.25, 0.3) is 0 Å². The number of ether oxygens (including phenoxy) is 3. The van der Waals surface area contributed by atoms with Gasteiger partial charge in [-0.05, 0) is 89.1 Å². The van der Waals surface area contributed by atoms with Gasteiger partial charge in [0.1, 0.15) is 19.3 Å². The molecule has 0 amide bonds. The Hall–Kier alpha value is -2.15. The smallest absolute Gasteiger partial charge is 0.306 e. The summed E-state index contributed by atoms with van der Waals surface area (Å²) in [6.45, 7) is 14.8. The highest BCUT2D eigenvalue weighted by Crippen LogP contribution is 2.39. The Morgan fingerprint density at radius 2 is 1.09 bits per heavy atom. The van der Waals surface area contributed by atoms with Crippen LogP contribution in [0.2, 0.25) is 0 Å². The van der Waals surface area contributed by atoms with Crippen LogP contribution < -0.4 is 0 Å². The first kappa shape index (κ1) is 44.9. The summed E-state index contributed by atoms with van der Waals surface area (Å²) < 4.78 is 16.6. The summed E-state index contributed by atoms with van der Waals surface area (Å²) in [6, 6.07) is 0. The number of carbonyl (C=O) groups is 3. The van der Waals surface area contributed by atoms with Gasteiger partial charge in [-0.1, -0.05) is 104 Å². The fourth-order valence-electron chi connectivity index (χ4n) is 6.39. The average Bonchev–Trinajstić information content (AvgIpc) is 2.99. The van der Waals surface area contributed by atoms with Gasteiger partial charge >= 0.3 is 17.9 Å². The molecule has 1 unspecified atom stereocenters. The molecule has 7 nitrogen and oxygen atoms in total. The molecule has 1 atom stereocenters. The number of hydrogen-bond acceptors (Lipinski definition) is 7. The van der Waals surface area contributed by atoms with E-state index in [9.17, 15) is 14.4 Å². The van der Waals surface area contributed by atoms with Crippen LogP contribution in [0.5, 0.6) is 0 Å². The number of hydrogen-bond donors (Lipinski definition) is 0. The molecule has 0 bridgehead atoms. The second-order valence-corrected chi connectivity index (χ2v) is 14.8. The fraction of sp³-hybridized carbons (Fsp3) is 0.825. The Labute approximate surface area is 289 Å². The highest BCUT2D eigenvalue weighted by molar-refractivity contribution is 5.70. The van der Waals surface area contributed by atoms with Crippen molar-refractivity contribution in [1.82, 2.24) is 4.90 Å². The van der Waals surface area contributed by atoms with Gasteiger partial charge in [0.2, 0.25) is 0 Å². The second kappa shape index (κ2) is 27.8. The predicted octanol–water partition coefficient (Wildman–Crippen LogP) is 10.2. The van der Waals surface area contributed by atoms with E-state index >= 15 is 0 Å². The number of nitrogens with zero attached hydrogens (tertiary/aromatic N) is 1. The molecule has 0 spiro atoms. The lowest BCUT2D eigenvalue weighted by molar-refractivity contribution is -0.153. The molecule has 0 aromatic carbocycles. The minimum absolute atomic E-state index is 0.0602. The van der Waals surface area contributed by atoms with E-state index in [-0.39, 0.29) is 34.8 Å². The summed E-state index contributed by atoms with van der Waals surface area (Å²) in [5, 5.41) is 0. The lowest BCUT2D eigenvalue weighted by Crippen LogP contribution is -2.36. The molecule has 0 aliphatic rings. The van der Waals surface area contributed by atoms with Crippen molar-refractivity contribution in [1.29, 1.82) is 0 Å². The molecule has 0 saturated heterocycles. The van der Waals surface area contributed by atoms with Crippen LogP contribution in [0.3, 0.4) is 0 Å². The zero-order valence-corrected chi connectivity index (χ0v) is 31.8. The van der Waals surface area contributed by atoms with Gasteiger partial charge < -0.3 is 19.1 Å². The van der Waals surface area contributed by atoms with E-state index in [1.807, 2.05) is 24.3 Å². The standard InChI is InChI=1S/C40H73NO6/c1-9-12-24-30-45-36(42)28-22-18-14-16-20-26-35(27-21-17-15-19-23-29-37(43)46-31-25-13-10-2)47-38(44)32-39(4,5)33-40(6,11-3)34-41(7)8/h12-13,24-25,35H,9-11,14-23,26-34H2,1-8H3. The van der Waals surface area contributed by atoms with Crippen molar-refractivity contribution >= 4 is 17.9 Å². The molecule has 0 rings (SSSR count). The Bertz CT molecular complexity index is 836. The fourth-order valence-corrected chi connectivity index (χ4v) is 6.39. The molecule has 0 aromatic heterocycles. The van der Waals surface area contributed by atoms with Gasteiger partial charge in [-0.25, -0.2) is 0 Å². The third kappa shape index (κ3) is 27.5. The van der Waals surface area contributed by atoms with Crippen molar-refractivity contribution in [3.8, 4) is 0 Å². The minimum Gasteiger partial charge on any atom is -0.462 e. The van der Waals surface area contributed by atoms with Gasteiger partial charge in [0.05, 0.1) is 6.42 Å². The molecule has 0 aromatic rings. The summed E-state index contributed by atoms with van der Waals surface area (Å²) in [7, 11) is 4.23. The Balaban J connectivity index is 4.73. The first-order valence-electron chi connectivity index (χ1n) is 18.8. The number of esters is 3. The molecule has 0 saturated carbocycles. The van der Waals surface area contributed by atoms with Crippen LogP contribution in [0.4, 0.5) is 0 Å². The summed E-state index contributed by atoms with van der Waals surface area (Å²) in [6.07, 6.45) is 24.8. The maximum Gasteiger partial charge on any atom is 0.306 e. The van der Waals surface area contributed by atoms with E-state index in [0.717, 1.165) is 109 Å². The molecule has 0 N–H and O–H groups in total. The minimum atomic E-state index is -0.136. The maximum atomic E-state index is 13.2. The summed E-state index contributed by atoms with van der Waals surface area (Å²) >= 11 is 0. The topological polar surface area (TPSA) is 82.1 Å². The Kier molecular flexibility index (Phi) is 26.5. The second-order valence-electron chi connectivity index (χ2n) is 14.8. The van der Waals surface area contributed by atoms with Crippen LogP contribution in [-0.2, 0) is 28.6 Å². The number of rotatable bonds is 30. The van der Waals surface area contributed by atoms with E-state index in [1.165, 1.54) is 0 Å². The Morgan fingerprint density at radius 1 is 0.638 bits per heavy atom. The molecule has 0 fully saturated rings. The van der Waals surface area contributed by atoms with E-state index in [0.29, 0.717) is 32.5 Å². The van der Waals surface area contributed by atoms with E-state index in [1.54, 1.807) is 0 Å². The van der Waals surface area contributed by atoms with Crippen LogP contribution in [0.25, 0.3) is 0 Å². The van der Waals surface area contributed by atoms with Gasteiger partial charge in [-0.3, -0.25) is 14.4 Å². The zero-order valence-electron chi connectivity index (χ0n) is 31.8. The van der Waals surface area contributed by atoms with Crippen LogP contribution in [-0.4, -0.2) is 62.8 Å². The molecule has 7 heteroatoms. The summed E-state index contributed by atoms with van der Waals surface area (Å²) in [5.41, 5.74) is 0.0155. The highest BCUT2D eigenvalue weighted by Gasteiger charge is 2.34. The van der Waals surface area contributed by atoms with Crippen LogP contribution in [0, 0.1) is 10.8 Å². The van der Waals surface area contributed by atoms with E-state index < -0.39 is 0 Å². The van der Waals surface area contributed by atoms with Gasteiger partial charge in [-0.15, -0.1) is 0 Å². The normalized spacial score (nSPS) is 14.1. The van der Waals surface area contributed by atoms with Crippen LogP contribution in [0.15, 0.2) is 24.3 Å². The molecule has 0 aliphatic heterocycles. The lowest BCUT2D eigenvalue weighted by atomic mass is 9.71. The molecule has 0 radical (unpaired) electrons. The summed E-state index contributed by atoms with van der Waals surface area (Å²) in [5.74, 6) is -0.328. The number of unbranched alkanes of at least 4 members (excludes halogenated alkanes) is 8. The first-order valence-corrected chi connectivity index (χ1v) is 18.8. The average molecular weight is 664 g/mol. The number of allylic oxidation sites excluding steroid dienone is 2. The molecule has 0 heterocycles. The first-order chi connectivity index (χ1) is 22.4. The maximum absolute atomic E-state index is 13.2. The van der Waals surface area contributed by atoms with Crippen LogP contribution >= 0.6 is 0 Å². The van der Waals surface area contributed by atoms with Gasteiger partial charge in [-0.2, -0.15) is 0 Å². The molecule has 274 valence electrons. The Morgan fingerprint density at radius 3 is 1.51 bits per heavy atom. The number of carbonyl (C=O) groups excluding carboxylic acids is 3. The molecular weight excluding hydrogens is 590 g/mol. The zero-order chi connectivity index (χ0) is 35.4. The van der Waals surface area contributed by atoms with Crippen LogP contribution in [0.1, 0.15) is 164 Å². The van der Waals surface area contributed by atoms with Crippen molar-refractivity contribution < 1.29 is 28.6 Å².